The van der Waals surface area contributed by atoms with E-state index in [4.69, 9.17) is 14.9 Å². The summed E-state index contributed by atoms with van der Waals surface area (Å²) in [5.41, 5.74) is 6.04. The third kappa shape index (κ3) is 4.00. The zero-order valence-corrected chi connectivity index (χ0v) is 19.5. The van der Waals surface area contributed by atoms with Crippen LogP contribution >= 0.6 is 0 Å². The van der Waals surface area contributed by atoms with E-state index in [1.165, 1.54) is 41.3 Å². The van der Waals surface area contributed by atoms with Gasteiger partial charge in [-0.15, -0.1) is 0 Å². The Morgan fingerprint density at radius 2 is 1.88 bits per heavy atom. The number of fused-ring (bicyclic) bond motifs is 2. The molecule has 3 aromatic rings. The van der Waals surface area contributed by atoms with Crippen LogP contribution < -0.4 is 4.90 Å². The lowest BCUT2D eigenvalue weighted by molar-refractivity contribution is -0.135. The number of rotatable bonds is 3. The number of anilines is 1. The van der Waals surface area contributed by atoms with E-state index in [9.17, 15) is 4.79 Å². The van der Waals surface area contributed by atoms with Gasteiger partial charge in [-0.3, -0.25) is 14.6 Å². The van der Waals surface area contributed by atoms with Gasteiger partial charge in [0.2, 0.25) is 5.91 Å². The Bertz CT molecular complexity index is 1230. The highest BCUT2D eigenvalue weighted by atomic mass is 16.3. The van der Waals surface area contributed by atoms with E-state index in [1.807, 2.05) is 23.1 Å². The molecule has 2 saturated heterocycles. The normalized spacial score (nSPS) is 21.1. The van der Waals surface area contributed by atoms with E-state index in [2.05, 4.69) is 35.0 Å². The lowest BCUT2D eigenvalue weighted by Crippen LogP contribution is -2.37. The van der Waals surface area contributed by atoms with Crippen molar-refractivity contribution in [1.82, 2.24) is 14.9 Å². The second kappa shape index (κ2) is 9.05. The number of nitrogens with zero attached hydrogens (tertiary/aromatic N) is 4. The fourth-order valence-corrected chi connectivity index (χ4v) is 5.79. The first kappa shape index (κ1) is 22.3. The SMILES string of the molecule is Cc1cc(N2CCC3(CCN(Cc4ccccn4)C3=O)C2)nc2cc3c(cc12)CCC3.O=CO. The Hall–Kier alpha value is -3.48. The Kier molecular flexibility index (Phi) is 5.94. The minimum absolute atomic E-state index is 0.250. The summed E-state index contributed by atoms with van der Waals surface area (Å²) in [5.74, 6) is 1.31. The van der Waals surface area contributed by atoms with Gasteiger partial charge < -0.3 is 14.9 Å². The second-order valence-corrected chi connectivity index (χ2v) is 9.64. The summed E-state index contributed by atoms with van der Waals surface area (Å²) in [6.07, 6.45) is 7.25. The molecule has 1 atom stereocenters. The molecule has 176 valence electrons. The summed E-state index contributed by atoms with van der Waals surface area (Å²) >= 11 is 0. The van der Waals surface area contributed by atoms with Crippen molar-refractivity contribution in [2.75, 3.05) is 24.5 Å². The first-order chi connectivity index (χ1) is 16.5. The van der Waals surface area contributed by atoms with E-state index in [-0.39, 0.29) is 17.8 Å². The van der Waals surface area contributed by atoms with E-state index in [0.29, 0.717) is 6.54 Å². The molecule has 2 aromatic heterocycles. The molecule has 0 saturated carbocycles. The topological polar surface area (TPSA) is 86.6 Å². The summed E-state index contributed by atoms with van der Waals surface area (Å²) in [6.45, 7) is 5.04. The van der Waals surface area contributed by atoms with Crippen LogP contribution in [0.5, 0.6) is 0 Å². The van der Waals surface area contributed by atoms with Gasteiger partial charge >= 0.3 is 0 Å². The molecule has 4 heterocycles. The summed E-state index contributed by atoms with van der Waals surface area (Å²) in [7, 11) is 0. The molecule has 2 fully saturated rings. The van der Waals surface area contributed by atoms with Crippen LogP contribution in [-0.2, 0) is 29.0 Å². The van der Waals surface area contributed by atoms with E-state index in [1.54, 1.807) is 6.20 Å². The number of carbonyl (C=O) groups excluding carboxylic acids is 1. The molecule has 1 aliphatic carbocycles. The number of carbonyl (C=O) groups is 2. The van der Waals surface area contributed by atoms with Crippen LogP contribution in [0.25, 0.3) is 10.9 Å². The van der Waals surface area contributed by atoms with Gasteiger partial charge in [-0.25, -0.2) is 4.98 Å². The van der Waals surface area contributed by atoms with Crippen LogP contribution in [0.2, 0.25) is 0 Å². The first-order valence-corrected chi connectivity index (χ1v) is 12.0. The highest BCUT2D eigenvalue weighted by Crippen LogP contribution is 2.42. The number of aryl methyl sites for hydroxylation is 3. The van der Waals surface area contributed by atoms with Crippen molar-refractivity contribution >= 4 is 29.1 Å². The minimum atomic E-state index is -0.267. The number of likely N-dealkylation sites (tertiary alicyclic amines) is 1. The van der Waals surface area contributed by atoms with Gasteiger partial charge in [-0.05, 0) is 86.1 Å². The summed E-state index contributed by atoms with van der Waals surface area (Å²) in [5, 5.41) is 8.16. The van der Waals surface area contributed by atoms with Crippen LogP contribution in [0.15, 0.2) is 42.6 Å². The molecule has 1 unspecified atom stereocenters. The van der Waals surface area contributed by atoms with Gasteiger partial charge in [0.15, 0.2) is 0 Å². The molecular formula is C27H30N4O3. The largest absolute Gasteiger partial charge is 0.483 e. The van der Waals surface area contributed by atoms with E-state index < -0.39 is 0 Å². The quantitative estimate of drug-likeness (QED) is 0.602. The van der Waals surface area contributed by atoms with Crippen molar-refractivity contribution in [3.8, 4) is 0 Å². The van der Waals surface area contributed by atoms with E-state index in [0.717, 1.165) is 49.5 Å². The highest BCUT2D eigenvalue weighted by Gasteiger charge is 2.51. The van der Waals surface area contributed by atoms with Gasteiger partial charge in [-0.2, -0.15) is 0 Å². The van der Waals surface area contributed by atoms with Crippen LogP contribution in [-0.4, -0.2) is 52.0 Å². The standard InChI is InChI=1S/C26H28N4O.CH2O2/c1-18-13-24(28-23-15-20-6-4-5-19(20)14-22(18)23)30-12-9-26(17-30)8-11-29(25(26)31)16-21-7-2-3-10-27-21;2-1-3/h2-3,7,10,13-15H,4-6,8-9,11-12,16-17H2,1H3;1H,(H,2,3). The van der Waals surface area contributed by atoms with Gasteiger partial charge in [0.05, 0.1) is 23.2 Å². The Morgan fingerprint density at radius 1 is 1.12 bits per heavy atom. The summed E-state index contributed by atoms with van der Waals surface area (Å²) in [4.78, 5) is 35.5. The predicted octanol–water partition coefficient (Wildman–Crippen LogP) is 3.76. The highest BCUT2D eigenvalue weighted by molar-refractivity contribution is 5.88. The molecule has 7 heteroatoms. The third-order valence-electron chi connectivity index (χ3n) is 7.57. The van der Waals surface area contributed by atoms with Crippen LogP contribution in [0.3, 0.4) is 0 Å². The maximum Gasteiger partial charge on any atom is 0.290 e. The number of hydrogen-bond donors (Lipinski definition) is 1. The Labute approximate surface area is 199 Å². The maximum absolute atomic E-state index is 13.4. The Morgan fingerprint density at radius 3 is 2.65 bits per heavy atom. The maximum atomic E-state index is 13.4. The minimum Gasteiger partial charge on any atom is -0.483 e. The molecule has 1 aromatic carbocycles. The predicted molar refractivity (Wildman–Crippen MR) is 131 cm³/mol. The average molecular weight is 459 g/mol. The average Bonchev–Trinajstić information content (AvgIpc) is 3.55. The van der Waals surface area contributed by atoms with Crippen molar-refractivity contribution in [1.29, 1.82) is 0 Å². The molecule has 0 radical (unpaired) electrons. The van der Waals surface area contributed by atoms with Crippen LogP contribution in [0, 0.1) is 12.3 Å². The number of benzene rings is 1. The number of pyridine rings is 2. The first-order valence-electron chi connectivity index (χ1n) is 12.0. The van der Waals surface area contributed by atoms with Gasteiger partial charge in [0.25, 0.3) is 6.47 Å². The molecule has 0 bridgehead atoms. The van der Waals surface area contributed by atoms with Crippen molar-refractivity contribution in [2.45, 2.75) is 45.6 Å². The fraction of sp³-hybridized carbons (Fsp3) is 0.407. The number of hydrogen-bond acceptors (Lipinski definition) is 5. The van der Waals surface area contributed by atoms with Crippen LogP contribution in [0.1, 0.15) is 41.6 Å². The van der Waals surface area contributed by atoms with Gasteiger partial charge in [0, 0.05) is 31.2 Å². The van der Waals surface area contributed by atoms with Crippen molar-refractivity contribution in [3.05, 3.63) is 65.0 Å². The van der Waals surface area contributed by atoms with Crippen molar-refractivity contribution in [2.24, 2.45) is 5.41 Å². The smallest absolute Gasteiger partial charge is 0.290 e. The molecule has 6 rings (SSSR count). The zero-order chi connectivity index (χ0) is 23.7. The van der Waals surface area contributed by atoms with Crippen molar-refractivity contribution in [3.63, 3.8) is 0 Å². The number of carboxylic acid groups (broad SMARTS) is 1. The summed E-state index contributed by atoms with van der Waals surface area (Å²) < 4.78 is 0. The third-order valence-corrected chi connectivity index (χ3v) is 7.57. The molecule has 34 heavy (non-hydrogen) atoms. The molecule has 7 nitrogen and oxygen atoms in total. The molecule has 1 amide bonds. The lowest BCUT2D eigenvalue weighted by Gasteiger charge is -2.24. The van der Waals surface area contributed by atoms with Gasteiger partial charge in [-0.1, -0.05) is 6.07 Å². The van der Waals surface area contributed by atoms with Crippen LogP contribution in [0.4, 0.5) is 5.82 Å². The lowest BCUT2D eigenvalue weighted by atomic mass is 9.85. The van der Waals surface area contributed by atoms with E-state index >= 15 is 0 Å². The molecule has 3 aliphatic rings. The Balaban J connectivity index is 0.000000764. The molecule has 1 N–H and O–H groups in total. The summed E-state index contributed by atoms with van der Waals surface area (Å²) in [6, 6.07) is 12.8. The number of amides is 1. The zero-order valence-electron chi connectivity index (χ0n) is 19.5. The molecule has 1 spiro atoms. The van der Waals surface area contributed by atoms with Crippen molar-refractivity contribution < 1.29 is 14.7 Å². The molecular weight excluding hydrogens is 428 g/mol. The fourth-order valence-electron chi connectivity index (χ4n) is 5.79. The second-order valence-electron chi connectivity index (χ2n) is 9.64. The van der Waals surface area contributed by atoms with Gasteiger partial charge in [0.1, 0.15) is 5.82 Å². The monoisotopic (exact) mass is 458 g/mol. The molecule has 2 aliphatic heterocycles. The number of aromatic nitrogens is 2.